The van der Waals surface area contributed by atoms with Gasteiger partial charge in [-0.25, -0.2) is 4.79 Å². The van der Waals surface area contributed by atoms with Crippen molar-refractivity contribution >= 4 is 23.4 Å². The predicted molar refractivity (Wildman–Crippen MR) is 110 cm³/mol. The fourth-order valence-corrected chi connectivity index (χ4v) is 4.78. The molecule has 6 nitrogen and oxygen atoms in total. The van der Waals surface area contributed by atoms with E-state index in [2.05, 4.69) is 10.3 Å². The predicted octanol–water partition coefficient (Wildman–Crippen LogP) is 3.03. The van der Waals surface area contributed by atoms with E-state index in [0.717, 1.165) is 62.1 Å². The van der Waals surface area contributed by atoms with Gasteiger partial charge in [0.05, 0.1) is 18.4 Å². The van der Waals surface area contributed by atoms with E-state index in [0.29, 0.717) is 11.6 Å². The van der Waals surface area contributed by atoms with Crippen molar-refractivity contribution in [2.24, 2.45) is 0 Å². The van der Waals surface area contributed by atoms with E-state index in [1.807, 2.05) is 34.9 Å². The van der Waals surface area contributed by atoms with Crippen LogP contribution in [0, 0.1) is 0 Å². The minimum Gasteiger partial charge on any atom is -0.376 e. The van der Waals surface area contributed by atoms with E-state index >= 15 is 0 Å². The van der Waals surface area contributed by atoms with Crippen molar-refractivity contribution in [2.45, 2.75) is 56.2 Å². The summed E-state index contributed by atoms with van der Waals surface area (Å²) in [7, 11) is 0. The molecule has 1 N–H and O–H groups in total. The van der Waals surface area contributed by atoms with Crippen LogP contribution in [0.5, 0.6) is 0 Å². The molecule has 148 valence electrons. The van der Waals surface area contributed by atoms with Crippen LogP contribution in [0.3, 0.4) is 0 Å². The number of benzene rings is 1. The quantitative estimate of drug-likeness (QED) is 0.597. The molecule has 1 aromatic heterocycles. The molecule has 1 aliphatic heterocycles. The van der Waals surface area contributed by atoms with Crippen LogP contribution in [0.25, 0.3) is 0 Å². The second kappa shape index (κ2) is 8.92. The molecule has 1 fully saturated rings. The molecule has 1 saturated heterocycles. The summed E-state index contributed by atoms with van der Waals surface area (Å²) in [6.07, 6.45) is 6.15. The topological polar surface area (TPSA) is 73.2 Å². The zero-order valence-corrected chi connectivity index (χ0v) is 16.7. The molecule has 0 spiro atoms. The first kappa shape index (κ1) is 19.2. The van der Waals surface area contributed by atoms with Crippen LogP contribution in [0.1, 0.15) is 36.9 Å². The number of nitrogens with zero attached hydrogens (tertiary/aromatic N) is 2. The van der Waals surface area contributed by atoms with Gasteiger partial charge < -0.3 is 10.1 Å². The van der Waals surface area contributed by atoms with Crippen LogP contribution < -0.4 is 11.0 Å². The van der Waals surface area contributed by atoms with E-state index in [-0.39, 0.29) is 23.5 Å². The highest BCUT2D eigenvalue weighted by Gasteiger charge is 2.24. The molecular weight excluding hydrogens is 374 g/mol. The number of amides is 1. The lowest BCUT2D eigenvalue weighted by Gasteiger charge is -2.24. The molecule has 1 aromatic carbocycles. The third-order valence-electron chi connectivity index (χ3n) is 5.26. The van der Waals surface area contributed by atoms with Crippen LogP contribution in [-0.4, -0.2) is 33.9 Å². The van der Waals surface area contributed by atoms with Gasteiger partial charge in [0.2, 0.25) is 5.91 Å². The zero-order chi connectivity index (χ0) is 19.3. The lowest BCUT2D eigenvalue weighted by Crippen LogP contribution is -2.34. The van der Waals surface area contributed by atoms with Crippen LogP contribution in [0.2, 0.25) is 0 Å². The first-order valence-corrected chi connectivity index (χ1v) is 10.9. The summed E-state index contributed by atoms with van der Waals surface area (Å²) in [6, 6.07) is 9.39. The number of anilines is 1. The maximum atomic E-state index is 12.7. The molecule has 2 aliphatic rings. The Hall–Kier alpha value is -2.12. The number of aromatic nitrogens is 2. The van der Waals surface area contributed by atoms with Gasteiger partial charge in [-0.2, -0.15) is 4.98 Å². The lowest BCUT2D eigenvalue weighted by molar-refractivity contribution is -0.113. The lowest BCUT2D eigenvalue weighted by atomic mass is 9.97. The average molecular weight is 400 g/mol. The molecule has 2 aromatic rings. The maximum absolute atomic E-state index is 12.7. The summed E-state index contributed by atoms with van der Waals surface area (Å²) in [4.78, 5) is 29.3. The fourth-order valence-electron chi connectivity index (χ4n) is 3.90. The Labute approximate surface area is 168 Å². The van der Waals surface area contributed by atoms with Gasteiger partial charge in [0, 0.05) is 23.6 Å². The van der Waals surface area contributed by atoms with Crippen molar-refractivity contribution in [1.82, 2.24) is 9.55 Å². The number of nitrogens with one attached hydrogen (secondary N) is 1. The molecule has 0 unspecified atom stereocenters. The molecule has 1 amide bonds. The standard InChI is InChI=1S/C21H25N3O3S/c25-19(22-15-7-2-1-3-8-15)14-28-20-17-10-4-5-11-18(17)24(21(26)23-20)13-16-9-6-12-27-16/h1-3,7-8,16H,4-6,9-14H2,(H,22,25)/t16-/m0/s1. The van der Waals surface area contributed by atoms with Crippen molar-refractivity contribution in [1.29, 1.82) is 0 Å². The van der Waals surface area contributed by atoms with Gasteiger partial charge >= 0.3 is 5.69 Å². The Kier molecular flexibility index (Phi) is 6.12. The van der Waals surface area contributed by atoms with Crippen molar-refractivity contribution < 1.29 is 9.53 Å². The molecule has 0 bridgehead atoms. The SMILES string of the molecule is O=C(CSc1nc(=O)n(C[C@@H]2CCCO2)c2c1CCCC2)Nc1ccccc1. The van der Waals surface area contributed by atoms with E-state index in [1.165, 1.54) is 11.8 Å². The smallest absolute Gasteiger partial charge is 0.348 e. The first-order valence-electron chi connectivity index (χ1n) is 9.92. The number of carbonyl (C=O) groups is 1. The van der Waals surface area contributed by atoms with Gasteiger partial charge in [-0.1, -0.05) is 30.0 Å². The van der Waals surface area contributed by atoms with Crippen LogP contribution in [0.4, 0.5) is 5.69 Å². The van der Waals surface area contributed by atoms with Gasteiger partial charge in [-0.15, -0.1) is 0 Å². The summed E-state index contributed by atoms with van der Waals surface area (Å²) >= 11 is 1.36. The Bertz CT molecular complexity index is 892. The molecule has 1 atom stereocenters. The molecular formula is C21H25N3O3S. The van der Waals surface area contributed by atoms with Crippen LogP contribution >= 0.6 is 11.8 Å². The second-order valence-corrected chi connectivity index (χ2v) is 8.24. The summed E-state index contributed by atoms with van der Waals surface area (Å²) in [5, 5.41) is 3.59. The number of rotatable bonds is 6. The third kappa shape index (κ3) is 4.47. The van der Waals surface area contributed by atoms with Crippen molar-refractivity contribution in [3.05, 3.63) is 52.1 Å². The highest BCUT2D eigenvalue weighted by atomic mass is 32.2. The highest BCUT2D eigenvalue weighted by molar-refractivity contribution is 8.00. The second-order valence-electron chi connectivity index (χ2n) is 7.28. The molecule has 1 aliphatic carbocycles. The van der Waals surface area contributed by atoms with Gasteiger partial charge in [-0.3, -0.25) is 9.36 Å². The van der Waals surface area contributed by atoms with Gasteiger partial charge in [0.15, 0.2) is 0 Å². The first-order chi connectivity index (χ1) is 13.7. The molecule has 2 heterocycles. The largest absolute Gasteiger partial charge is 0.376 e. The van der Waals surface area contributed by atoms with E-state index < -0.39 is 0 Å². The van der Waals surface area contributed by atoms with Gasteiger partial charge in [0.25, 0.3) is 0 Å². The molecule has 0 radical (unpaired) electrons. The number of para-hydroxylation sites is 1. The minimum atomic E-state index is -0.220. The zero-order valence-electron chi connectivity index (χ0n) is 15.9. The number of fused-ring (bicyclic) bond motifs is 1. The summed E-state index contributed by atoms with van der Waals surface area (Å²) < 4.78 is 7.54. The van der Waals surface area contributed by atoms with Crippen molar-refractivity contribution in [3.8, 4) is 0 Å². The summed E-state index contributed by atoms with van der Waals surface area (Å²) in [6.45, 7) is 1.37. The molecule has 28 heavy (non-hydrogen) atoms. The number of ether oxygens (including phenoxy) is 1. The molecule has 7 heteroatoms. The Morgan fingerprint density at radius 3 is 2.82 bits per heavy atom. The minimum absolute atomic E-state index is 0.0916. The molecule has 4 rings (SSSR count). The number of hydrogen-bond acceptors (Lipinski definition) is 5. The van der Waals surface area contributed by atoms with Gasteiger partial charge in [0.1, 0.15) is 5.03 Å². The molecule has 0 saturated carbocycles. The number of hydrogen-bond donors (Lipinski definition) is 1. The van der Waals surface area contributed by atoms with E-state index in [1.54, 1.807) is 0 Å². The maximum Gasteiger partial charge on any atom is 0.348 e. The third-order valence-corrected chi connectivity index (χ3v) is 6.28. The number of carbonyl (C=O) groups excluding carboxylic acids is 1. The van der Waals surface area contributed by atoms with Gasteiger partial charge in [-0.05, 0) is 50.7 Å². The average Bonchev–Trinajstić information content (AvgIpc) is 3.23. The monoisotopic (exact) mass is 399 g/mol. The van der Waals surface area contributed by atoms with Crippen molar-refractivity contribution in [3.63, 3.8) is 0 Å². The normalized spacial score (nSPS) is 18.6. The Morgan fingerprint density at radius 1 is 1.21 bits per heavy atom. The highest BCUT2D eigenvalue weighted by Crippen LogP contribution is 2.29. The number of thioether (sulfide) groups is 1. The Balaban J connectivity index is 1.50. The summed E-state index contributed by atoms with van der Waals surface area (Å²) in [5.74, 6) is 0.148. The van der Waals surface area contributed by atoms with E-state index in [4.69, 9.17) is 4.74 Å². The van der Waals surface area contributed by atoms with Crippen molar-refractivity contribution in [2.75, 3.05) is 17.7 Å². The Morgan fingerprint density at radius 2 is 2.04 bits per heavy atom. The van der Waals surface area contributed by atoms with Crippen LogP contribution in [0.15, 0.2) is 40.2 Å². The fraction of sp³-hybridized carbons (Fsp3) is 0.476. The van der Waals surface area contributed by atoms with E-state index in [9.17, 15) is 9.59 Å². The summed E-state index contributed by atoms with van der Waals surface area (Å²) in [5.41, 5.74) is 2.78. The van der Waals surface area contributed by atoms with Crippen LogP contribution in [-0.2, 0) is 28.9 Å².